The smallest absolute Gasteiger partial charge is 0.0769 e. The summed E-state index contributed by atoms with van der Waals surface area (Å²) < 4.78 is 1.94. The summed E-state index contributed by atoms with van der Waals surface area (Å²) in [6.45, 7) is 5.32. The Balaban J connectivity index is 1.47. The van der Waals surface area contributed by atoms with Gasteiger partial charge in [0.15, 0.2) is 0 Å². The van der Waals surface area contributed by atoms with E-state index in [0.29, 0.717) is 0 Å². The van der Waals surface area contributed by atoms with Gasteiger partial charge in [-0.2, -0.15) is 5.10 Å². The summed E-state index contributed by atoms with van der Waals surface area (Å²) in [4.78, 5) is 4.74. The molecule has 0 atom stereocenters. The number of benzene rings is 1. The third-order valence-electron chi connectivity index (χ3n) is 4.79. The summed E-state index contributed by atoms with van der Waals surface area (Å²) in [7, 11) is 2.18. The fourth-order valence-electron chi connectivity index (χ4n) is 3.49. The van der Waals surface area contributed by atoms with Gasteiger partial charge in [0.25, 0.3) is 0 Å². The number of aliphatic hydroxyl groups is 1. The van der Waals surface area contributed by atoms with E-state index in [1.54, 1.807) is 0 Å². The second kappa shape index (κ2) is 8.42. The molecule has 0 bridgehead atoms. The zero-order chi connectivity index (χ0) is 16.8. The fourth-order valence-corrected chi connectivity index (χ4v) is 3.49. The molecular weight excluding hydrogens is 300 g/mol. The normalized spacial score (nSPS) is 16.8. The Bertz CT molecular complexity index is 605. The van der Waals surface area contributed by atoms with Crippen LogP contribution in [0.1, 0.15) is 18.5 Å². The molecule has 3 rings (SSSR count). The van der Waals surface area contributed by atoms with Crippen LogP contribution in [0.15, 0.2) is 42.6 Å². The highest BCUT2D eigenvalue weighted by Crippen LogP contribution is 2.18. The molecule has 0 spiro atoms. The van der Waals surface area contributed by atoms with Crippen LogP contribution in [0.25, 0.3) is 5.69 Å². The van der Waals surface area contributed by atoms with Gasteiger partial charge in [-0.15, -0.1) is 0 Å². The molecule has 1 aromatic carbocycles. The minimum atomic E-state index is 0.272. The molecule has 0 unspecified atom stereocenters. The first-order chi connectivity index (χ1) is 11.7. The maximum absolute atomic E-state index is 9.02. The summed E-state index contributed by atoms with van der Waals surface area (Å²) in [5, 5.41) is 13.7. The highest BCUT2D eigenvalue weighted by atomic mass is 16.3. The van der Waals surface area contributed by atoms with Crippen LogP contribution >= 0.6 is 0 Å². The fraction of sp³-hybridized carbons (Fsp3) is 0.526. The Hall–Kier alpha value is -1.69. The third kappa shape index (κ3) is 4.66. The van der Waals surface area contributed by atoms with E-state index < -0.39 is 0 Å². The molecule has 0 aliphatic carbocycles. The van der Waals surface area contributed by atoms with E-state index in [-0.39, 0.29) is 6.61 Å². The maximum atomic E-state index is 9.02. The van der Waals surface area contributed by atoms with Crippen LogP contribution in [-0.4, -0.2) is 64.5 Å². The van der Waals surface area contributed by atoms with Crippen molar-refractivity contribution >= 4 is 0 Å². The molecule has 1 aliphatic rings. The monoisotopic (exact) mass is 328 g/mol. The number of nitrogens with zero attached hydrogens (tertiary/aromatic N) is 4. The Kier molecular flexibility index (Phi) is 6.01. The highest BCUT2D eigenvalue weighted by molar-refractivity contribution is 5.30. The predicted molar refractivity (Wildman–Crippen MR) is 96.1 cm³/mol. The van der Waals surface area contributed by atoms with Crippen molar-refractivity contribution in [2.75, 3.05) is 39.8 Å². The van der Waals surface area contributed by atoms with Crippen LogP contribution in [0.2, 0.25) is 0 Å². The van der Waals surface area contributed by atoms with E-state index in [1.165, 1.54) is 12.8 Å². The minimum Gasteiger partial charge on any atom is -0.395 e. The second-order valence-corrected chi connectivity index (χ2v) is 6.79. The van der Waals surface area contributed by atoms with E-state index in [4.69, 9.17) is 5.11 Å². The Morgan fingerprint density at radius 1 is 1.17 bits per heavy atom. The number of hydrogen-bond acceptors (Lipinski definition) is 4. The molecule has 2 heterocycles. The lowest BCUT2D eigenvalue weighted by molar-refractivity contribution is 0.129. The molecule has 130 valence electrons. The van der Waals surface area contributed by atoms with Crippen molar-refractivity contribution in [1.82, 2.24) is 19.6 Å². The van der Waals surface area contributed by atoms with Gasteiger partial charge in [-0.3, -0.25) is 0 Å². The van der Waals surface area contributed by atoms with Gasteiger partial charge >= 0.3 is 0 Å². The van der Waals surface area contributed by atoms with E-state index >= 15 is 0 Å². The Morgan fingerprint density at radius 3 is 2.62 bits per heavy atom. The summed E-state index contributed by atoms with van der Waals surface area (Å²) in [5.41, 5.74) is 2.21. The van der Waals surface area contributed by atoms with Crippen molar-refractivity contribution in [3.05, 3.63) is 48.3 Å². The number of likely N-dealkylation sites (tertiary alicyclic amines) is 1. The standard InChI is InChI=1S/C19H28N4O/c1-21(15-17-7-10-22(11-8-17)13-14-24)16-18-9-12-23(20-18)19-5-3-2-4-6-19/h2-6,9,12,17,24H,7-8,10-11,13-16H2,1H3. The molecule has 1 saturated heterocycles. The van der Waals surface area contributed by atoms with Crippen molar-refractivity contribution in [2.45, 2.75) is 19.4 Å². The average Bonchev–Trinajstić information content (AvgIpc) is 3.06. The number of hydrogen-bond donors (Lipinski definition) is 1. The van der Waals surface area contributed by atoms with Crippen molar-refractivity contribution in [2.24, 2.45) is 5.92 Å². The molecule has 5 nitrogen and oxygen atoms in total. The van der Waals surface area contributed by atoms with Crippen LogP contribution in [0.4, 0.5) is 0 Å². The van der Waals surface area contributed by atoms with Gasteiger partial charge in [-0.25, -0.2) is 4.68 Å². The number of aromatic nitrogens is 2. The number of para-hydroxylation sites is 1. The first-order valence-electron chi connectivity index (χ1n) is 8.86. The molecule has 2 aromatic rings. The molecule has 0 saturated carbocycles. The molecule has 1 fully saturated rings. The SMILES string of the molecule is CN(Cc1ccn(-c2ccccc2)n1)CC1CCN(CCO)CC1. The van der Waals surface area contributed by atoms with Crippen LogP contribution in [0.3, 0.4) is 0 Å². The van der Waals surface area contributed by atoms with Gasteiger partial charge in [0.05, 0.1) is 18.0 Å². The van der Waals surface area contributed by atoms with E-state index in [9.17, 15) is 0 Å². The lowest BCUT2D eigenvalue weighted by Gasteiger charge is -2.33. The van der Waals surface area contributed by atoms with Crippen LogP contribution in [0, 0.1) is 5.92 Å². The van der Waals surface area contributed by atoms with E-state index in [2.05, 4.69) is 40.1 Å². The van der Waals surface area contributed by atoms with Crippen molar-refractivity contribution < 1.29 is 5.11 Å². The van der Waals surface area contributed by atoms with Crippen LogP contribution in [-0.2, 0) is 6.54 Å². The third-order valence-corrected chi connectivity index (χ3v) is 4.79. The van der Waals surface area contributed by atoms with Gasteiger partial charge in [0, 0.05) is 25.8 Å². The zero-order valence-electron chi connectivity index (χ0n) is 14.5. The van der Waals surface area contributed by atoms with Gasteiger partial charge in [-0.05, 0) is 57.1 Å². The molecule has 1 aliphatic heterocycles. The largest absolute Gasteiger partial charge is 0.395 e. The summed E-state index contributed by atoms with van der Waals surface area (Å²) >= 11 is 0. The lowest BCUT2D eigenvalue weighted by Crippen LogP contribution is -2.38. The molecular formula is C19H28N4O. The number of aliphatic hydroxyl groups excluding tert-OH is 1. The maximum Gasteiger partial charge on any atom is 0.0769 e. The molecule has 0 radical (unpaired) electrons. The van der Waals surface area contributed by atoms with Crippen molar-refractivity contribution in [1.29, 1.82) is 0 Å². The van der Waals surface area contributed by atoms with Crippen LogP contribution < -0.4 is 0 Å². The summed E-state index contributed by atoms with van der Waals surface area (Å²) in [6, 6.07) is 12.3. The topological polar surface area (TPSA) is 44.5 Å². The van der Waals surface area contributed by atoms with E-state index in [0.717, 1.165) is 50.0 Å². The minimum absolute atomic E-state index is 0.272. The Morgan fingerprint density at radius 2 is 1.92 bits per heavy atom. The number of rotatable bonds is 7. The average molecular weight is 328 g/mol. The highest BCUT2D eigenvalue weighted by Gasteiger charge is 2.20. The molecule has 0 amide bonds. The van der Waals surface area contributed by atoms with Gasteiger partial charge in [0.2, 0.25) is 0 Å². The quantitative estimate of drug-likeness (QED) is 0.844. The molecule has 24 heavy (non-hydrogen) atoms. The van der Waals surface area contributed by atoms with Crippen molar-refractivity contribution in [3.63, 3.8) is 0 Å². The number of β-amino-alcohol motifs (C(OH)–C–C–N with tert-alkyl or cyclic N) is 1. The predicted octanol–water partition coefficient (Wildman–Crippen LogP) is 2.01. The molecule has 1 aromatic heterocycles. The van der Waals surface area contributed by atoms with Gasteiger partial charge in [0.1, 0.15) is 0 Å². The number of piperidine rings is 1. The second-order valence-electron chi connectivity index (χ2n) is 6.79. The van der Waals surface area contributed by atoms with Crippen LogP contribution in [0.5, 0.6) is 0 Å². The van der Waals surface area contributed by atoms with Gasteiger partial charge in [-0.1, -0.05) is 18.2 Å². The first-order valence-corrected chi connectivity index (χ1v) is 8.86. The molecule has 1 N–H and O–H groups in total. The first kappa shape index (κ1) is 17.1. The summed E-state index contributed by atoms with van der Waals surface area (Å²) in [5.74, 6) is 0.751. The summed E-state index contributed by atoms with van der Waals surface area (Å²) in [6.07, 6.45) is 4.48. The van der Waals surface area contributed by atoms with Gasteiger partial charge < -0.3 is 14.9 Å². The lowest BCUT2D eigenvalue weighted by atomic mass is 9.96. The zero-order valence-corrected chi connectivity index (χ0v) is 14.5. The molecule has 5 heteroatoms. The van der Waals surface area contributed by atoms with E-state index in [1.807, 2.05) is 29.1 Å². The Labute approximate surface area is 144 Å². The van der Waals surface area contributed by atoms with Crippen molar-refractivity contribution in [3.8, 4) is 5.69 Å².